The third-order valence-electron chi connectivity index (χ3n) is 2.07. The van der Waals surface area contributed by atoms with Crippen LogP contribution < -0.4 is 4.72 Å². The lowest BCUT2D eigenvalue weighted by molar-refractivity contribution is 0.536. The van der Waals surface area contributed by atoms with Crippen LogP contribution in [-0.2, 0) is 20.8 Å². The monoisotopic (exact) mass is 375 g/mol. The van der Waals surface area contributed by atoms with E-state index in [0.29, 0.717) is 6.07 Å². The van der Waals surface area contributed by atoms with Crippen LogP contribution in [-0.4, -0.2) is 30.7 Å². The van der Waals surface area contributed by atoms with E-state index < -0.39 is 43.4 Å². The largest absolute Gasteiger partial charge is 0.260 e. The van der Waals surface area contributed by atoms with Crippen LogP contribution in [0.2, 0.25) is 0 Å². The molecule has 0 aliphatic carbocycles. The Morgan fingerprint density at radius 2 is 2.00 bits per heavy atom. The summed E-state index contributed by atoms with van der Waals surface area (Å²) in [5, 5.41) is 0. The summed E-state index contributed by atoms with van der Waals surface area (Å²) >= 11 is 2.82. The number of hydrogen-bond acceptors (Lipinski definition) is 3. The van der Waals surface area contributed by atoms with Crippen LogP contribution in [0.5, 0.6) is 0 Å². The Morgan fingerprint density at radius 1 is 1.42 bits per heavy atom. The molecule has 0 bridgehead atoms. The van der Waals surface area contributed by atoms with Crippen molar-refractivity contribution in [3.63, 3.8) is 0 Å². The molecule has 2 unspecified atom stereocenters. The van der Waals surface area contributed by atoms with Gasteiger partial charge in [0.1, 0.15) is 16.5 Å². The molecule has 19 heavy (non-hydrogen) atoms. The number of nitrogens with one attached hydrogen (secondary N) is 1. The minimum Gasteiger partial charge on any atom is -0.260 e. The third-order valence-corrected chi connectivity index (χ3v) is 5.60. The Bertz CT molecular complexity index is 584. The number of rotatable bonds is 5. The van der Waals surface area contributed by atoms with Crippen LogP contribution in [0.15, 0.2) is 21.5 Å². The van der Waals surface area contributed by atoms with Gasteiger partial charge in [-0.15, -0.1) is 0 Å². The zero-order valence-corrected chi connectivity index (χ0v) is 13.3. The Labute approximate surface area is 121 Å². The average Bonchev–Trinajstić information content (AvgIpc) is 2.10. The summed E-state index contributed by atoms with van der Waals surface area (Å²) in [7, 11) is -5.35. The summed E-state index contributed by atoms with van der Waals surface area (Å²) in [5.74, 6) is -1.98. The summed E-state index contributed by atoms with van der Waals surface area (Å²) in [6, 6.07) is 0.717. The molecule has 4 nitrogen and oxygen atoms in total. The van der Waals surface area contributed by atoms with Crippen LogP contribution in [0.25, 0.3) is 0 Å². The van der Waals surface area contributed by atoms with Gasteiger partial charge in [0, 0.05) is 39.4 Å². The first-order valence-corrected chi connectivity index (χ1v) is 9.10. The van der Waals surface area contributed by atoms with Crippen molar-refractivity contribution in [3.8, 4) is 0 Å². The highest BCUT2D eigenvalue weighted by Crippen LogP contribution is 2.26. The predicted molar refractivity (Wildman–Crippen MR) is 72.8 cm³/mol. The Kier molecular flexibility index (Phi) is 5.60. The van der Waals surface area contributed by atoms with Crippen molar-refractivity contribution < 1.29 is 21.4 Å². The highest BCUT2D eigenvalue weighted by molar-refractivity contribution is 9.10. The Morgan fingerprint density at radius 3 is 2.47 bits per heavy atom. The topological polar surface area (TPSA) is 63.2 Å². The van der Waals surface area contributed by atoms with E-state index >= 15 is 0 Å². The van der Waals surface area contributed by atoms with Crippen molar-refractivity contribution in [1.29, 1.82) is 0 Å². The van der Waals surface area contributed by atoms with E-state index in [0.717, 1.165) is 6.07 Å². The maximum absolute atomic E-state index is 13.6. The summed E-state index contributed by atoms with van der Waals surface area (Å²) in [6.07, 6.45) is 1.43. The van der Waals surface area contributed by atoms with Gasteiger partial charge in [-0.05, 0) is 28.9 Å². The van der Waals surface area contributed by atoms with Crippen LogP contribution in [0.1, 0.15) is 6.92 Å². The van der Waals surface area contributed by atoms with Gasteiger partial charge < -0.3 is 0 Å². The lowest BCUT2D eigenvalue weighted by Crippen LogP contribution is -2.36. The molecule has 2 atom stereocenters. The molecular formula is C10H12BrF2NO3S2. The van der Waals surface area contributed by atoms with Crippen molar-refractivity contribution in [1.82, 2.24) is 4.72 Å². The highest BCUT2D eigenvalue weighted by Gasteiger charge is 2.25. The van der Waals surface area contributed by atoms with Gasteiger partial charge in [-0.25, -0.2) is 21.9 Å². The summed E-state index contributed by atoms with van der Waals surface area (Å²) < 4.78 is 63.4. The molecule has 0 heterocycles. The average molecular weight is 376 g/mol. The minimum atomic E-state index is -4.16. The zero-order valence-electron chi connectivity index (χ0n) is 10.1. The molecular weight excluding hydrogens is 364 g/mol. The molecule has 0 aliphatic heterocycles. The third kappa shape index (κ3) is 4.59. The van der Waals surface area contributed by atoms with Crippen LogP contribution in [0, 0.1) is 11.6 Å². The number of halogens is 3. The molecule has 1 aromatic carbocycles. The van der Waals surface area contributed by atoms with E-state index in [4.69, 9.17) is 0 Å². The fourth-order valence-corrected chi connectivity index (χ4v) is 4.80. The predicted octanol–water partition coefficient (Wildman–Crippen LogP) is 1.77. The summed E-state index contributed by atoms with van der Waals surface area (Å²) in [5.41, 5.74) is 0. The van der Waals surface area contributed by atoms with Gasteiger partial charge in [0.25, 0.3) is 0 Å². The molecule has 0 saturated carbocycles. The second kappa shape index (κ2) is 6.38. The standard InChI is InChI=1S/C10H12BrF2NO3S2/c1-6(5-18(2)15)14-19(16,17)10-8(11)3-7(12)4-9(10)13/h3-4,6,14H,5H2,1-2H3. The van der Waals surface area contributed by atoms with Gasteiger partial charge in [-0.3, -0.25) is 4.21 Å². The normalized spacial score (nSPS) is 15.2. The van der Waals surface area contributed by atoms with Crippen molar-refractivity contribution in [2.24, 2.45) is 0 Å². The maximum Gasteiger partial charge on any atom is 0.244 e. The fourth-order valence-electron chi connectivity index (χ4n) is 1.50. The second-order valence-electron chi connectivity index (χ2n) is 3.96. The van der Waals surface area contributed by atoms with E-state index in [1.54, 1.807) is 0 Å². The lowest BCUT2D eigenvalue weighted by Gasteiger charge is -2.14. The maximum atomic E-state index is 13.6. The van der Waals surface area contributed by atoms with Crippen LogP contribution in [0.3, 0.4) is 0 Å². The van der Waals surface area contributed by atoms with E-state index in [1.165, 1.54) is 13.2 Å². The van der Waals surface area contributed by atoms with Gasteiger partial charge in [0.2, 0.25) is 10.0 Å². The second-order valence-corrected chi connectivity index (χ2v) is 7.95. The summed E-state index contributed by atoms with van der Waals surface area (Å²) in [6.45, 7) is 1.51. The molecule has 0 saturated heterocycles. The van der Waals surface area contributed by atoms with Crippen LogP contribution in [0.4, 0.5) is 8.78 Å². The van der Waals surface area contributed by atoms with Gasteiger partial charge in [-0.1, -0.05) is 0 Å². The van der Waals surface area contributed by atoms with E-state index in [1.807, 2.05) is 0 Å². The van der Waals surface area contributed by atoms with Crippen molar-refractivity contribution >= 4 is 36.8 Å². The van der Waals surface area contributed by atoms with Crippen molar-refractivity contribution in [3.05, 3.63) is 28.2 Å². The van der Waals surface area contributed by atoms with E-state index in [2.05, 4.69) is 20.7 Å². The molecule has 108 valence electrons. The number of sulfonamides is 1. The molecule has 1 aromatic rings. The first kappa shape index (κ1) is 16.7. The molecule has 0 aliphatic rings. The number of benzene rings is 1. The molecule has 1 N–H and O–H groups in total. The molecule has 0 radical (unpaired) electrons. The number of hydrogen-bond donors (Lipinski definition) is 1. The molecule has 0 aromatic heterocycles. The van der Waals surface area contributed by atoms with Crippen molar-refractivity contribution in [2.75, 3.05) is 12.0 Å². The van der Waals surface area contributed by atoms with E-state index in [9.17, 15) is 21.4 Å². The molecule has 0 fully saturated rings. The molecule has 1 rings (SSSR count). The molecule has 0 amide bonds. The van der Waals surface area contributed by atoms with Gasteiger partial charge in [0.05, 0.1) is 0 Å². The Hall–Kier alpha value is -0.380. The first-order chi connectivity index (χ1) is 8.63. The lowest BCUT2D eigenvalue weighted by atomic mass is 10.3. The molecule has 9 heteroatoms. The molecule has 0 spiro atoms. The quantitative estimate of drug-likeness (QED) is 0.852. The smallest absolute Gasteiger partial charge is 0.244 e. The van der Waals surface area contributed by atoms with E-state index in [-0.39, 0.29) is 10.2 Å². The highest BCUT2D eigenvalue weighted by atomic mass is 79.9. The van der Waals surface area contributed by atoms with Crippen molar-refractivity contribution in [2.45, 2.75) is 17.9 Å². The van der Waals surface area contributed by atoms with Gasteiger partial charge >= 0.3 is 0 Å². The first-order valence-electron chi connectivity index (χ1n) is 5.10. The summed E-state index contributed by atoms with van der Waals surface area (Å²) in [4.78, 5) is -0.664. The SMILES string of the molecule is CC(CS(C)=O)NS(=O)(=O)c1c(F)cc(F)cc1Br. The minimum absolute atomic E-state index is 0.0969. The Balaban J connectivity index is 3.11. The van der Waals surface area contributed by atoms with Gasteiger partial charge in [0.15, 0.2) is 0 Å². The van der Waals surface area contributed by atoms with Crippen LogP contribution >= 0.6 is 15.9 Å². The van der Waals surface area contributed by atoms with Gasteiger partial charge in [-0.2, -0.15) is 0 Å². The zero-order chi connectivity index (χ0) is 14.8. The fraction of sp³-hybridized carbons (Fsp3) is 0.400.